The fourth-order valence-corrected chi connectivity index (χ4v) is 2.20. The highest BCUT2D eigenvalue weighted by Gasteiger charge is 2.26. The van der Waals surface area contributed by atoms with Gasteiger partial charge in [-0.1, -0.05) is 13.8 Å². The lowest BCUT2D eigenvalue weighted by molar-refractivity contribution is 0.178. The fraction of sp³-hybridized carbons (Fsp3) is 0.692. The normalized spacial score (nSPS) is 18.9. The highest BCUT2D eigenvalue weighted by Crippen LogP contribution is 2.31. The van der Waals surface area contributed by atoms with Crippen molar-refractivity contribution in [3.05, 3.63) is 11.9 Å². The maximum atomic E-state index is 5.82. The van der Waals surface area contributed by atoms with Gasteiger partial charge in [0, 0.05) is 26.3 Å². The van der Waals surface area contributed by atoms with E-state index in [2.05, 4.69) is 28.7 Å². The summed E-state index contributed by atoms with van der Waals surface area (Å²) in [6.07, 6.45) is 2.35. The summed E-state index contributed by atoms with van der Waals surface area (Å²) in [7, 11) is 1.63. The molecule has 1 aromatic heterocycles. The number of ether oxygens (including phenoxy) is 1. The molecule has 1 aliphatic heterocycles. The Hall–Kier alpha value is -1.36. The summed E-state index contributed by atoms with van der Waals surface area (Å²) in [5.41, 5.74) is 6.25. The van der Waals surface area contributed by atoms with Gasteiger partial charge >= 0.3 is 0 Å². The minimum absolute atomic E-state index is 0.400. The van der Waals surface area contributed by atoms with Gasteiger partial charge in [-0.2, -0.15) is 0 Å². The first-order valence-electron chi connectivity index (χ1n) is 6.37. The van der Waals surface area contributed by atoms with E-state index in [1.165, 1.54) is 12.8 Å². The van der Waals surface area contributed by atoms with Gasteiger partial charge < -0.3 is 15.4 Å². The van der Waals surface area contributed by atoms with Crippen molar-refractivity contribution in [3.63, 3.8) is 0 Å². The largest absolute Gasteiger partial charge is 0.384 e. The molecular weight excluding hydrogens is 228 g/mol. The van der Waals surface area contributed by atoms with Gasteiger partial charge in [0.15, 0.2) is 5.82 Å². The van der Waals surface area contributed by atoms with Gasteiger partial charge in [0.1, 0.15) is 18.2 Å². The van der Waals surface area contributed by atoms with Gasteiger partial charge in [-0.3, -0.25) is 0 Å². The smallest absolute Gasteiger partial charge is 0.158 e. The van der Waals surface area contributed by atoms with Crippen LogP contribution in [0.25, 0.3) is 0 Å². The SMILES string of the molecule is COCc1nc(N)cc(N2CCC(C)(C)CC2)n1. The van der Waals surface area contributed by atoms with E-state index in [1.807, 2.05) is 6.07 Å². The molecule has 2 rings (SSSR count). The van der Waals surface area contributed by atoms with Crippen LogP contribution in [0.4, 0.5) is 11.6 Å². The summed E-state index contributed by atoms with van der Waals surface area (Å²) in [5, 5.41) is 0. The molecule has 0 saturated carbocycles. The molecule has 5 heteroatoms. The number of piperidine rings is 1. The van der Waals surface area contributed by atoms with E-state index in [1.54, 1.807) is 7.11 Å². The maximum absolute atomic E-state index is 5.82. The molecule has 1 aliphatic rings. The number of aromatic nitrogens is 2. The Morgan fingerprint density at radius 3 is 2.61 bits per heavy atom. The molecule has 0 bridgehead atoms. The second-order valence-corrected chi connectivity index (χ2v) is 5.65. The van der Waals surface area contributed by atoms with Crippen LogP contribution >= 0.6 is 0 Å². The molecule has 0 radical (unpaired) electrons. The Balaban J connectivity index is 2.13. The van der Waals surface area contributed by atoms with E-state index in [0.717, 1.165) is 18.9 Å². The van der Waals surface area contributed by atoms with Gasteiger partial charge in [0.25, 0.3) is 0 Å². The van der Waals surface area contributed by atoms with Crippen LogP contribution in [0.1, 0.15) is 32.5 Å². The molecule has 2 N–H and O–H groups in total. The third-order valence-corrected chi connectivity index (χ3v) is 3.49. The average Bonchev–Trinajstić information content (AvgIpc) is 2.28. The zero-order chi connectivity index (χ0) is 13.2. The topological polar surface area (TPSA) is 64.3 Å². The zero-order valence-corrected chi connectivity index (χ0v) is 11.4. The Morgan fingerprint density at radius 1 is 1.33 bits per heavy atom. The van der Waals surface area contributed by atoms with E-state index < -0.39 is 0 Å². The van der Waals surface area contributed by atoms with Crippen molar-refractivity contribution in [2.24, 2.45) is 5.41 Å². The maximum Gasteiger partial charge on any atom is 0.158 e. The summed E-state index contributed by atoms with van der Waals surface area (Å²) in [6.45, 7) is 7.08. The number of rotatable bonds is 3. The second kappa shape index (κ2) is 5.10. The molecule has 0 aromatic carbocycles. The van der Waals surface area contributed by atoms with Gasteiger partial charge in [0.05, 0.1) is 0 Å². The molecule has 18 heavy (non-hydrogen) atoms. The Morgan fingerprint density at radius 2 is 2.00 bits per heavy atom. The molecule has 2 heterocycles. The fourth-order valence-electron chi connectivity index (χ4n) is 2.20. The van der Waals surface area contributed by atoms with E-state index in [4.69, 9.17) is 10.5 Å². The molecule has 0 unspecified atom stereocenters. The standard InChI is InChI=1S/C13H22N4O/c1-13(2)4-6-17(7-5-13)12-8-10(14)15-11(16-12)9-18-3/h8H,4-7,9H2,1-3H3,(H2,14,15,16). The van der Waals surface area contributed by atoms with E-state index >= 15 is 0 Å². The van der Waals surface area contributed by atoms with Crippen molar-refractivity contribution in [2.45, 2.75) is 33.3 Å². The highest BCUT2D eigenvalue weighted by molar-refractivity contribution is 5.47. The number of hydrogen-bond donors (Lipinski definition) is 1. The summed E-state index contributed by atoms with van der Waals surface area (Å²) in [5.74, 6) is 2.08. The highest BCUT2D eigenvalue weighted by atomic mass is 16.5. The van der Waals surface area contributed by atoms with Crippen LogP contribution < -0.4 is 10.6 Å². The first-order valence-corrected chi connectivity index (χ1v) is 6.37. The van der Waals surface area contributed by atoms with Crippen LogP contribution in [0.15, 0.2) is 6.07 Å². The van der Waals surface area contributed by atoms with Crippen LogP contribution in [0.5, 0.6) is 0 Å². The van der Waals surface area contributed by atoms with Crippen molar-refractivity contribution < 1.29 is 4.74 Å². The lowest BCUT2D eigenvalue weighted by Gasteiger charge is -2.37. The van der Waals surface area contributed by atoms with Crippen LogP contribution in [0, 0.1) is 5.41 Å². The minimum atomic E-state index is 0.400. The van der Waals surface area contributed by atoms with Crippen LogP contribution in [-0.2, 0) is 11.3 Å². The number of hydrogen-bond acceptors (Lipinski definition) is 5. The van der Waals surface area contributed by atoms with E-state index in [0.29, 0.717) is 23.7 Å². The van der Waals surface area contributed by atoms with Crippen molar-refractivity contribution in [2.75, 3.05) is 30.8 Å². The molecule has 0 atom stereocenters. The number of methoxy groups -OCH3 is 1. The number of nitrogens with zero attached hydrogens (tertiary/aromatic N) is 3. The monoisotopic (exact) mass is 250 g/mol. The number of nitrogen functional groups attached to an aromatic ring is 1. The molecular formula is C13H22N4O. The minimum Gasteiger partial charge on any atom is -0.384 e. The van der Waals surface area contributed by atoms with Gasteiger partial charge in [0.2, 0.25) is 0 Å². The molecule has 1 fully saturated rings. The second-order valence-electron chi connectivity index (χ2n) is 5.65. The van der Waals surface area contributed by atoms with Crippen LogP contribution in [0.2, 0.25) is 0 Å². The molecule has 5 nitrogen and oxygen atoms in total. The Bertz CT molecular complexity index is 409. The van der Waals surface area contributed by atoms with Crippen LogP contribution in [-0.4, -0.2) is 30.2 Å². The average molecular weight is 250 g/mol. The quantitative estimate of drug-likeness (QED) is 0.886. The summed E-state index contributed by atoms with van der Waals surface area (Å²) < 4.78 is 5.06. The van der Waals surface area contributed by atoms with Gasteiger partial charge in [-0.05, 0) is 18.3 Å². The predicted molar refractivity (Wildman–Crippen MR) is 72.4 cm³/mol. The van der Waals surface area contributed by atoms with Gasteiger partial charge in [-0.15, -0.1) is 0 Å². The lowest BCUT2D eigenvalue weighted by atomic mass is 9.83. The first kappa shape index (κ1) is 13.1. The first-order chi connectivity index (χ1) is 8.50. The van der Waals surface area contributed by atoms with Gasteiger partial charge in [-0.25, -0.2) is 9.97 Å². The Labute approximate surface area is 108 Å². The molecule has 0 aliphatic carbocycles. The summed E-state index contributed by atoms with van der Waals surface area (Å²) in [6, 6.07) is 1.84. The number of anilines is 2. The summed E-state index contributed by atoms with van der Waals surface area (Å²) >= 11 is 0. The Kier molecular flexibility index (Phi) is 3.71. The molecule has 0 amide bonds. The third kappa shape index (κ3) is 3.10. The van der Waals surface area contributed by atoms with Crippen molar-refractivity contribution in [1.29, 1.82) is 0 Å². The molecule has 100 valence electrons. The van der Waals surface area contributed by atoms with Crippen LogP contribution in [0.3, 0.4) is 0 Å². The van der Waals surface area contributed by atoms with E-state index in [9.17, 15) is 0 Å². The molecule has 1 saturated heterocycles. The van der Waals surface area contributed by atoms with Crippen molar-refractivity contribution >= 4 is 11.6 Å². The summed E-state index contributed by atoms with van der Waals surface area (Å²) in [4.78, 5) is 10.9. The van der Waals surface area contributed by atoms with Crippen molar-refractivity contribution in [1.82, 2.24) is 9.97 Å². The third-order valence-electron chi connectivity index (χ3n) is 3.49. The molecule has 1 aromatic rings. The predicted octanol–water partition coefficient (Wildman–Crippen LogP) is 1.83. The van der Waals surface area contributed by atoms with E-state index in [-0.39, 0.29) is 0 Å². The molecule has 0 spiro atoms. The van der Waals surface area contributed by atoms with Crippen molar-refractivity contribution in [3.8, 4) is 0 Å². The number of nitrogens with two attached hydrogens (primary N) is 1. The lowest BCUT2D eigenvalue weighted by Crippen LogP contribution is -2.38. The zero-order valence-electron chi connectivity index (χ0n) is 11.4.